The molecule has 1 aliphatic carbocycles. The maximum absolute atomic E-state index is 13.0. The van der Waals surface area contributed by atoms with E-state index in [1.54, 1.807) is 6.92 Å². The molecule has 0 saturated heterocycles. The summed E-state index contributed by atoms with van der Waals surface area (Å²) in [6, 6.07) is 4.34. The standard InChI is InChI=1S/C15H18F3NO2/c1-9-8-10(20)6-7-13(9)19-14(21)11-4-2-3-5-12(11)15(16,17)18/h6-8,11-12,20H,2-5H2,1H3,(H,19,21). The van der Waals surface area contributed by atoms with Crippen molar-refractivity contribution in [3.05, 3.63) is 23.8 Å². The van der Waals surface area contributed by atoms with Crippen LogP contribution in [0.15, 0.2) is 18.2 Å². The van der Waals surface area contributed by atoms with Crippen molar-refractivity contribution in [1.29, 1.82) is 0 Å². The Balaban J connectivity index is 2.14. The number of carbonyl (C=O) groups is 1. The Hall–Kier alpha value is -1.72. The van der Waals surface area contributed by atoms with Gasteiger partial charge in [-0.1, -0.05) is 12.8 Å². The van der Waals surface area contributed by atoms with Gasteiger partial charge < -0.3 is 10.4 Å². The minimum absolute atomic E-state index is 0.0101. The van der Waals surface area contributed by atoms with E-state index < -0.39 is 23.9 Å². The molecule has 2 atom stereocenters. The van der Waals surface area contributed by atoms with E-state index >= 15 is 0 Å². The van der Waals surface area contributed by atoms with Crippen molar-refractivity contribution in [2.45, 2.75) is 38.8 Å². The number of phenolic OH excluding ortho intramolecular Hbond substituents is 1. The third-order valence-corrected chi connectivity index (χ3v) is 3.99. The second-order valence-electron chi connectivity index (χ2n) is 5.53. The molecule has 1 aliphatic rings. The minimum atomic E-state index is -4.34. The van der Waals surface area contributed by atoms with Gasteiger partial charge in [0.25, 0.3) is 0 Å². The summed E-state index contributed by atoms with van der Waals surface area (Å²) in [5.74, 6) is -3.14. The summed E-state index contributed by atoms with van der Waals surface area (Å²) in [4.78, 5) is 12.2. The van der Waals surface area contributed by atoms with E-state index in [9.17, 15) is 23.1 Å². The molecule has 1 aromatic carbocycles. The Labute approximate surface area is 121 Å². The molecule has 2 N–H and O–H groups in total. The number of hydrogen-bond acceptors (Lipinski definition) is 2. The van der Waals surface area contributed by atoms with E-state index in [0.29, 0.717) is 24.1 Å². The molecule has 1 fully saturated rings. The molecule has 1 aromatic rings. The zero-order valence-electron chi connectivity index (χ0n) is 11.7. The lowest BCUT2D eigenvalue weighted by Crippen LogP contribution is -2.39. The molecular formula is C15H18F3NO2. The molecule has 0 aromatic heterocycles. The first-order valence-corrected chi connectivity index (χ1v) is 6.96. The highest BCUT2D eigenvalue weighted by atomic mass is 19.4. The van der Waals surface area contributed by atoms with E-state index in [4.69, 9.17) is 0 Å². The summed E-state index contributed by atoms with van der Waals surface area (Å²) in [6.07, 6.45) is -2.93. The summed E-state index contributed by atoms with van der Waals surface area (Å²) in [5, 5.41) is 11.9. The van der Waals surface area contributed by atoms with Gasteiger partial charge >= 0.3 is 6.18 Å². The van der Waals surface area contributed by atoms with Crippen molar-refractivity contribution in [1.82, 2.24) is 0 Å². The van der Waals surface area contributed by atoms with Crippen molar-refractivity contribution in [2.24, 2.45) is 11.8 Å². The van der Waals surface area contributed by atoms with Gasteiger partial charge in [-0.2, -0.15) is 13.2 Å². The van der Waals surface area contributed by atoms with Gasteiger partial charge in [0, 0.05) is 11.6 Å². The zero-order chi connectivity index (χ0) is 15.6. The fourth-order valence-electron chi connectivity index (χ4n) is 2.85. The van der Waals surface area contributed by atoms with Crippen LogP contribution in [0, 0.1) is 18.8 Å². The number of rotatable bonds is 2. The highest BCUT2D eigenvalue weighted by molar-refractivity contribution is 5.93. The molecule has 2 unspecified atom stereocenters. The van der Waals surface area contributed by atoms with Crippen LogP contribution in [0.4, 0.5) is 18.9 Å². The maximum atomic E-state index is 13.0. The second-order valence-corrected chi connectivity index (χ2v) is 5.53. The van der Waals surface area contributed by atoms with E-state index in [2.05, 4.69) is 5.32 Å². The van der Waals surface area contributed by atoms with Gasteiger partial charge in [0.1, 0.15) is 5.75 Å². The Morgan fingerprint density at radius 2 is 1.95 bits per heavy atom. The number of amides is 1. The van der Waals surface area contributed by atoms with E-state index in [1.807, 2.05) is 0 Å². The predicted molar refractivity (Wildman–Crippen MR) is 73.0 cm³/mol. The Morgan fingerprint density at radius 3 is 2.57 bits per heavy atom. The quantitative estimate of drug-likeness (QED) is 0.811. The molecule has 0 radical (unpaired) electrons. The molecule has 21 heavy (non-hydrogen) atoms. The van der Waals surface area contributed by atoms with Crippen LogP contribution in [-0.2, 0) is 4.79 Å². The largest absolute Gasteiger partial charge is 0.508 e. The number of aryl methyl sites for hydroxylation is 1. The number of carbonyl (C=O) groups excluding carboxylic acids is 1. The average Bonchev–Trinajstić information content (AvgIpc) is 2.41. The lowest BCUT2D eigenvalue weighted by molar-refractivity contribution is -0.197. The first kappa shape index (κ1) is 15.7. The smallest absolute Gasteiger partial charge is 0.392 e. The van der Waals surface area contributed by atoms with Crippen molar-refractivity contribution in [3.63, 3.8) is 0 Å². The van der Waals surface area contributed by atoms with Crippen molar-refractivity contribution >= 4 is 11.6 Å². The Kier molecular flexibility index (Phi) is 4.44. The van der Waals surface area contributed by atoms with Crippen LogP contribution in [0.1, 0.15) is 31.2 Å². The summed E-state index contributed by atoms with van der Waals surface area (Å²) in [7, 11) is 0. The fourth-order valence-corrected chi connectivity index (χ4v) is 2.85. The number of halogens is 3. The zero-order valence-corrected chi connectivity index (χ0v) is 11.7. The van der Waals surface area contributed by atoms with Gasteiger partial charge in [0.2, 0.25) is 5.91 Å². The molecular weight excluding hydrogens is 283 g/mol. The number of alkyl halides is 3. The second kappa shape index (κ2) is 5.95. The average molecular weight is 301 g/mol. The van der Waals surface area contributed by atoms with Gasteiger partial charge in [-0.05, 0) is 43.5 Å². The predicted octanol–water partition coefficient (Wildman–Crippen LogP) is 4.01. The maximum Gasteiger partial charge on any atom is 0.392 e. The number of benzene rings is 1. The van der Waals surface area contributed by atoms with E-state index in [1.165, 1.54) is 18.2 Å². The number of nitrogens with one attached hydrogen (secondary N) is 1. The molecule has 3 nitrogen and oxygen atoms in total. The third kappa shape index (κ3) is 3.68. The van der Waals surface area contributed by atoms with Crippen LogP contribution >= 0.6 is 0 Å². The van der Waals surface area contributed by atoms with Gasteiger partial charge in [-0.15, -0.1) is 0 Å². The van der Waals surface area contributed by atoms with Crippen molar-refractivity contribution < 1.29 is 23.1 Å². The summed E-state index contributed by atoms with van der Waals surface area (Å²) < 4.78 is 39.0. The Morgan fingerprint density at radius 1 is 1.29 bits per heavy atom. The fraction of sp³-hybridized carbons (Fsp3) is 0.533. The molecule has 2 rings (SSSR count). The van der Waals surface area contributed by atoms with Crippen LogP contribution in [0.5, 0.6) is 5.75 Å². The van der Waals surface area contributed by atoms with Gasteiger partial charge in [-0.3, -0.25) is 4.79 Å². The van der Waals surface area contributed by atoms with Crippen LogP contribution in [-0.4, -0.2) is 17.2 Å². The summed E-state index contributed by atoms with van der Waals surface area (Å²) in [6.45, 7) is 1.68. The number of anilines is 1. The van der Waals surface area contributed by atoms with Crippen LogP contribution in [0.2, 0.25) is 0 Å². The number of hydrogen-bond donors (Lipinski definition) is 2. The molecule has 0 heterocycles. The molecule has 116 valence electrons. The van der Waals surface area contributed by atoms with Crippen LogP contribution in [0.25, 0.3) is 0 Å². The number of aromatic hydroxyl groups is 1. The molecule has 1 saturated carbocycles. The van der Waals surface area contributed by atoms with Crippen LogP contribution in [0.3, 0.4) is 0 Å². The summed E-state index contributed by atoms with van der Waals surface area (Å²) in [5.41, 5.74) is 1.05. The monoisotopic (exact) mass is 301 g/mol. The number of phenols is 1. The van der Waals surface area contributed by atoms with Crippen molar-refractivity contribution in [2.75, 3.05) is 5.32 Å². The summed E-state index contributed by atoms with van der Waals surface area (Å²) >= 11 is 0. The lowest BCUT2D eigenvalue weighted by Gasteiger charge is -2.32. The molecule has 1 amide bonds. The molecule has 0 aliphatic heterocycles. The molecule has 6 heteroatoms. The third-order valence-electron chi connectivity index (χ3n) is 3.99. The Bertz CT molecular complexity index is 528. The van der Waals surface area contributed by atoms with Crippen molar-refractivity contribution in [3.8, 4) is 5.75 Å². The van der Waals surface area contributed by atoms with E-state index in [-0.39, 0.29) is 18.6 Å². The lowest BCUT2D eigenvalue weighted by atomic mass is 9.78. The highest BCUT2D eigenvalue weighted by Gasteiger charge is 2.48. The van der Waals surface area contributed by atoms with E-state index in [0.717, 1.165) is 0 Å². The first-order valence-electron chi connectivity index (χ1n) is 6.96. The van der Waals surface area contributed by atoms with Crippen LogP contribution < -0.4 is 5.32 Å². The highest BCUT2D eigenvalue weighted by Crippen LogP contribution is 2.42. The minimum Gasteiger partial charge on any atom is -0.508 e. The normalized spacial score (nSPS) is 22.9. The molecule has 0 bridgehead atoms. The van der Waals surface area contributed by atoms with Gasteiger partial charge in [0.15, 0.2) is 0 Å². The van der Waals surface area contributed by atoms with Gasteiger partial charge in [0.05, 0.1) is 5.92 Å². The first-order chi connectivity index (χ1) is 9.79. The van der Waals surface area contributed by atoms with Gasteiger partial charge in [-0.25, -0.2) is 0 Å². The topological polar surface area (TPSA) is 49.3 Å². The molecule has 0 spiro atoms. The SMILES string of the molecule is Cc1cc(O)ccc1NC(=O)C1CCCCC1C(F)(F)F.